The molecule has 2 N–H and O–H groups in total. The quantitative estimate of drug-likeness (QED) is 0.287. The zero-order chi connectivity index (χ0) is 26.3. The Morgan fingerprint density at radius 2 is 1.78 bits per heavy atom. The summed E-state index contributed by atoms with van der Waals surface area (Å²) in [4.78, 5) is 4.64. The third kappa shape index (κ3) is 5.35. The van der Waals surface area contributed by atoms with E-state index in [2.05, 4.69) is 29.8 Å². The van der Waals surface area contributed by atoms with Crippen LogP contribution in [-0.2, 0) is 17.4 Å². The van der Waals surface area contributed by atoms with Crippen molar-refractivity contribution >= 4 is 35.2 Å². The first-order valence-electron chi connectivity index (χ1n) is 12.1. The van der Waals surface area contributed by atoms with Crippen molar-refractivity contribution in [1.82, 2.24) is 10.1 Å². The number of hydrogen-bond acceptors (Lipinski definition) is 4. The molecule has 190 valence electrons. The normalized spacial score (nSPS) is 14.2. The molecule has 2 aromatic carbocycles. The van der Waals surface area contributed by atoms with Crippen molar-refractivity contribution in [2.45, 2.75) is 63.9 Å². The summed E-state index contributed by atoms with van der Waals surface area (Å²) in [7, 11) is -3.49. The first kappa shape index (κ1) is 26.4. The third-order valence-corrected chi connectivity index (χ3v) is 9.95. The Labute approximate surface area is 215 Å². The maximum absolute atomic E-state index is 15.9. The van der Waals surface area contributed by atoms with Gasteiger partial charge < -0.3 is 4.52 Å². The van der Waals surface area contributed by atoms with Gasteiger partial charge in [-0.3, -0.25) is 10.1 Å². The fourth-order valence-corrected chi connectivity index (χ4v) is 6.56. The molecule has 4 aromatic rings. The predicted molar refractivity (Wildman–Crippen MR) is 149 cm³/mol. The fraction of sp³-hybridized carbons (Fsp3) is 0.357. The summed E-state index contributed by atoms with van der Waals surface area (Å²) in [6.07, 6.45) is 0.846. The van der Waals surface area contributed by atoms with Crippen molar-refractivity contribution < 1.29 is 13.1 Å². The lowest BCUT2D eigenvalue weighted by Gasteiger charge is -2.29. The Hall–Kier alpha value is -2.68. The second kappa shape index (κ2) is 9.99. The van der Waals surface area contributed by atoms with Crippen LogP contribution in [0.25, 0.3) is 22.2 Å². The molecular formula is C28H34FN3O2SSi. The van der Waals surface area contributed by atoms with Gasteiger partial charge in [-0.05, 0) is 68.5 Å². The predicted octanol–water partition coefficient (Wildman–Crippen LogP) is 6.00. The van der Waals surface area contributed by atoms with E-state index in [-0.39, 0.29) is 11.7 Å². The van der Waals surface area contributed by atoms with E-state index in [9.17, 15) is 4.21 Å². The Morgan fingerprint density at radius 3 is 2.47 bits per heavy atom. The molecule has 0 aliphatic heterocycles. The largest absolute Gasteiger partial charge is 0.356 e. The topological polar surface area (TPSA) is 82.0 Å². The summed E-state index contributed by atoms with van der Waals surface area (Å²) < 4.78 is 33.2. The van der Waals surface area contributed by atoms with Crippen molar-refractivity contribution in [1.29, 1.82) is 0 Å². The van der Waals surface area contributed by atoms with E-state index in [1.54, 1.807) is 0 Å². The average molecular weight is 524 g/mol. The van der Waals surface area contributed by atoms with Crippen LogP contribution in [0.1, 0.15) is 43.1 Å². The van der Waals surface area contributed by atoms with Crippen molar-refractivity contribution in [3.05, 3.63) is 77.4 Å². The number of halogens is 1. The molecule has 0 fully saturated rings. The zero-order valence-electron chi connectivity index (χ0n) is 21.8. The molecule has 0 spiro atoms. The molecule has 2 atom stereocenters. The number of benzene rings is 2. The number of nitrogens with two attached hydrogens (primary N) is 1. The maximum atomic E-state index is 15.9. The minimum atomic E-state index is -1.93. The van der Waals surface area contributed by atoms with Gasteiger partial charge in [0, 0.05) is 16.6 Å². The molecule has 36 heavy (non-hydrogen) atoms. The molecule has 0 amide bonds. The van der Waals surface area contributed by atoms with Crippen LogP contribution in [0.2, 0.25) is 19.6 Å². The number of rotatable bonds is 8. The number of nitrogens with zero attached hydrogens (tertiary/aromatic N) is 2. The summed E-state index contributed by atoms with van der Waals surface area (Å²) in [5.74, 6) is -0.418. The summed E-state index contributed by atoms with van der Waals surface area (Å²) >= 11 is 0. The minimum absolute atomic E-state index is 0.197. The molecule has 8 heteroatoms. The van der Waals surface area contributed by atoms with Gasteiger partial charge in [0.25, 0.3) is 0 Å². The van der Waals surface area contributed by atoms with E-state index >= 15 is 4.39 Å². The highest BCUT2D eigenvalue weighted by Gasteiger charge is 2.32. The summed E-state index contributed by atoms with van der Waals surface area (Å²) in [6.45, 7) is 12.1. The zero-order valence-corrected chi connectivity index (χ0v) is 23.6. The van der Waals surface area contributed by atoms with Gasteiger partial charge in [-0.1, -0.05) is 61.2 Å². The van der Waals surface area contributed by atoms with Crippen LogP contribution in [0.4, 0.5) is 4.39 Å². The van der Waals surface area contributed by atoms with E-state index in [1.165, 1.54) is 0 Å². The van der Waals surface area contributed by atoms with Gasteiger partial charge in [-0.15, -0.1) is 0 Å². The molecule has 0 bridgehead atoms. The molecule has 5 nitrogen and oxygen atoms in total. The van der Waals surface area contributed by atoms with Crippen molar-refractivity contribution in [2.24, 2.45) is 5.14 Å². The van der Waals surface area contributed by atoms with E-state index in [0.717, 1.165) is 33.1 Å². The van der Waals surface area contributed by atoms with Crippen LogP contribution in [0.5, 0.6) is 0 Å². The Bertz CT molecular complexity index is 1430. The van der Waals surface area contributed by atoms with E-state index < -0.39 is 23.8 Å². The lowest BCUT2D eigenvalue weighted by Crippen LogP contribution is -2.41. The molecule has 4 rings (SSSR count). The Kier molecular flexibility index (Phi) is 7.32. The second-order valence-electron chi connectivity index (χ2n) is 11.1. The highest BCUT2D eigenvalue weighted by Crippen LogP contribution is 2.39. The van der Waals surface area contributed by atoms with E-state index in [0.29, 0.717) is 24.1 Å². The molecule has 0 saturated carbocycles. The van der Waals surface area contributed by atoms with Gasteiger partial charge in [0.05, 0.1) is 29.5 Å². The van der Waals surface area contributed by atoms with Gasteiger partial charge in [-0.25, -0.2) is 8.60 Å². The molecule has 2 heterocycles. The van der Waals surface area contributed by atoms with Crippen LogP contribution >= 0.6 is 0 Å². The highest BCUT2D eigenvalue weighted by atomic mass is 32.2. The molecule has 0 aliphatic rings. The van der Waals surface area contributed by atoms with Gasteiger partial charge >= 0.3 is 0 Å². The van der Waals surface area contributed by atoms with Crippen LogP contribution in [0.3, 0.4) is 0 Å². The number of para-hydroxylation sites is 1. The third-order valence-electron chi connectivity index (χ3n) is 6.72. The summed E-state index contributed by atoms with van der Waals surface area (Å²) in [6, 6.07) is 17.6. The number of aryl methyl sites for hydroxylation is 1. The standard InChI is InChI=1S/C28H34FN3O2SSi/c1-18-15-25(36(4,5)6)26(29)23(31-18)16-19(17-28(2,3)35(30)33)20-11-7-8-12-21(20)27-22-13-9-10-14-24(22)34-32-27/h7-15,19H,16-17,30H2,1-6H3/t19-,35?/m0/s1. The van der Waals surface area contributed by atoms with Gasteiger partial charge in [0.15, 0.2) is 5.58 Å². The van der Waals surface area contributed by atoms with Crippen LogP contribution in [0, 0.1) is 12.7 Å². The molecule has 0 saturated heterocycles. The average Bonchev–Trinajstić information content (AvgIpc) is 3.24. The SMILES string of the molecule is Cc1cc([Si](C)(C)C)c(F)c(C[C@@H](CC(C)(C)S(N)=O)c2ccccc2-c2noc3ccccc23)n1. The molecule has 2 aromatic heterocycles. The van der Waals surface area contributed by atoms with Crippen LogP contribution in [0.15, 0.2) is 59.1 Å². The molecule has 1 unspecified atom stereocenters. The first-order chi connectivity index (χ1) is 16.9. The van der Waals surface area contributed by atoms with Gasteiger partial charge in [-0.2, -0.15) is 0 Å². The molecule has 0 aliphatic carbocycles. The van der Waals surface area contributed by atoms with Crippen LogP contribution in [-0.4, -0.2) is 27.2 Å². The Balaban J connectivity index is 1.88. The maximum Gasteiger partial charge on any atom is 0.167 e. The first-order valence-corrected chi connectivity index (χ1v) is 16.9. The smallest absolute Gasteiger partial charge is 0.167 e. The number of fused-ring (bicyclic) bond motifs is 1. The number of aromatic nitrogens is 2. The highest BCUT2D eigenvalue weighted by molar-refractivity contribution is 7.84. The van der Waals surface area contributed by atoms with Crippen molar-refractivity contribution in [3.63, 3.8) is 0 Å². The fourth-order valence-electron chi connectivity index (χ4n) is 4.75. The monoisotopic (exact) mass is 523 g/mol. The van der Waals surface area contributed by atoms with E-state index in [1.807, 2.05) is 75.4 Å². The molecule has 0 radical (unpaired) electrons. The Morgan fingerprint density at radius 1 is 1.11 bits per heavy atom. The lowest BCUT2D eigenvalue weighted by molar-refractivity contribution is 0.459. The number of hydrogen-bond donors (Lipinski definition) is 1. The van der Waals surface area contributed by atoms with Gasteiger partial charge in [0.1, 0.15) is 11.5 Å². The summed E-state index contributed by atoms with van der Waals surface area (Å²) in [5, 5.41) is 12.0. The van der Waals surface area contributed by atoms with Crippen molar-refractivity contribution in [2.75, 3.05) is 0 Å². The minimum Gasteiger partial charge on any atom is -0.356 e. The van der Waals surface area contributed by atoms with Crippen molar-refractivity contribution in [3.8, 4) is 11.3 Å². The number of pyridine rings is 1. The second-order valence-corrected chi connectivity index (χ2v) is 17.8. The van der Waals surface area contributed by atoms with Crippen LogP contribution < -0.4 is 10.3 Å². The van der Waals surface area contributed by atoms with Gasteiger partial charge in [0.2, 0.25) is 0 Å². The van der Waals surface area contributed by atoms with E-state index in [4.69, 9.17) is 9.66 Å². The lowest BCUT2D eigenvalue weighted by atomic mass is 9.82. The molecular weight excluding hydrogens is 489 g/mol. The summed E-state index contributed by atoms with van der Waals surface area (Å²) in [5.41, 5.74) is 4.57.